The molecule has 2 rings (SSSR count). The summed E-state index contributed by atoms with van der Waals surface area (Å²) >= 11 is 6.02. The topological polar surface area (TPSA) is 53.5 Å². The van der Waals surface area contributed by atoms with Gasteiger partial charge in [-0.25, -0.2) is 5.43 Å². The molecule has 4 nitrogen and oxygen atoms in total. The summed E-state index contributed by atoms with van der Waals surface area (Å²) in [5.74, 6) is -0.186. The Balaban J connectivity index is 1.94. The third-order valence-corrected chi connectivity index (χ3v) is 3.47. The van der Waals surface area contributed by atoms with Gasteiger partial charge in [0.2, 0.25) is 0 Å². The second-order valence-electron chi connectivity index (χ2n) is 4.73. The molecule has 0 aliphatic heterocycles. The quantitative estimate of drug-likeness (QED) is 0.631. The van der Waals surface area contributed by atoms with Crippen LogP contribution in [0.25, 0.3) is 0 Å². The van der Waals surface area contributed by atoms with Crippen molar-refractivity contribution in [2.45, 2.75) is 19.4 Å². The summed E-state index contributed by atoms with van der Waals surface area (Å²) in [6.45, 7) is 1.94. The van der Waals surface area contributed by atoms with E-state index < -0.39 is 0 Å². The monoisotopic (exact) mass is 315 g/mol. The molecule has 1 atom stereocenters. The van der Waals surface area contributed by atoms with E-state index in [0.29, 0.717) is 11.4 Å². The van der Waals surface area contributed by atoms with Crippen molar-refractivity contribution in [2.24, 2.45) is 5.10 Å². The minimum atomic E-state index is -0.342. The molecule has 0 fully saturated rings. The summed E-state index contributed by atoms with van der Waals surface area (Å²) in [4.78, 5) is 12.1. The first-order chi connectivity index (χ1) is 10.7. The molecule has 0 bridgehead atoms. The normalized spacial score (nSPS) is 12.1. The number of amides is 1. The second kappa shape index (κ2) is 8.20. The smallest absolute Gasteiger partial charge is 0.262 e. The predicted molar refractivity (Wildman–Crippen MR) is 91.3 cm³/mol. The number of carbonyl (C=O) groups excluding carboxylic acids is 1. The minimum absolute atomic E-state index is 0.186. The molecule has 2 N–H and O–H groups in total. The van der Waals surface area contributed by atoms with Crippen molar-refractivity contribution in [3.05, 3.63) is 65.2 Å². The van der Waals surface area contributed by atoms with Crippen LogP contribution in [0.5, 0.6) is 0 Å². The molecular weight excluding hydrogens is 298 g/mol. The van der Waals surface area contributed by atoms with Crippen LogP contribution in [0, 0.1) is 0 Å². The number of para-hydroxylation sites is 1. The highest BCUT2D eigenvalue weighted by atomic mass is 35.5. The molecule has 22 heavy (non-hydrogen) atoms. The zero-order valence-corrected chi connectivity index (χ0v) is 13.0. The maximum atomic E-state index is 12.1. The Morgan fingerprint density at radius 2 is 1.86 bits per heavy atom. The molecule has 0 spiro atoms. The highest BCUT2D eigenvalue weighted by Gasteiger charge is 2.15. The Morgan fingerprint density at radius 3 is 2.55 bits per heavy atom. The van der Waals surface area contributed by atoms with Crippen LogP contribution in [0.2, 0.25) is 5.02 Å². The molecule has 1 amide bonds. The van der Waals surface area contributed by atoms with Crippen molar-refractivity contribution in [1.82, 2.24) is 5.43 Å². The SMILES string of the molecule is CC[C@H](Nc1ccccc1)C(=O)N/N=C\c1ccccc1Cl. The van der Waals surface area contributed by atoms with Crippen LogP contribution in [0.4, 0.5) is 5.69 Å². The fourth-order valence-electron chi connectivity index (χ4n) is 1.91. The Labute approximate surface area is 135 Å². The van der Waals surface area contributed by atoms with Crippen LogP contribution < -0.4 is 10.7 Å². The molecule has 0 heterocycles. The van der Waals surface area contributed by atoms with Gasteiger partial charge in [0.05, 0.1) is 6.21 Å². The largest absolute Gasteiger partial charge is 0.374 e. The highest BCUT2D eigenvalue weighted by molar-refractivity contribution is 6.33. The van der Waals surface area contributed by atoms with Crippen molar-refractivity contribution in [1.29, 1.82) is 0 Å². The van der Waals surface area contributed by atoms with Gasteiger partial charge in [0.15, 0.2) is 0 Å². The van der Waals surface area contributed by atoms with Crippen LogP contribution in [0.1, 0.15) is 18.9 Å². The zero-order chi connectivity index (χ0) is 15.8. The van der Waals surface area contributed by atoms with Crippen molar-refractivity contribution < 1.29 is 4.79 Å². The highest BCUT2D eigenvalue weighted by Crippen LogP contribution is 2.12. The van der Waals surface area contributed by atoms with Gasteiger partial charge in [-0.1, -0.05) is 54.9 Å². The van der Waals surface area contributed by atoms with E-state index in [2.05, 4.69) is 15.8 Å². The average Bonchev–Trinajstić information content (AvgIpc) is 2.55. The van der Waals surface area contributed by atoms with E-state index in [1.54, 1.807) is 6.07 Å². The van der Waals surface area contributed by atoms with Gasteiger partial charge in [-0.05, 0) is 24.6 Å². The van der Waals surface area contributed by atoms with E-state index in [1.807, 2.05) is 55.5 Å². The molecule has 0 saturated heterocycles. The van der Waals surface area contributed by atoms with Gasteiger partial charge in [0.1, 0.15) is 6.04 Å². The number of hydrogen-bond acceptors (Lipinski definition) is 3. The Kier molecular flexibility index (Phi) is 5.98. The van der Waals surface area contributed by atoms with Crippen LogP contribution in [-0.2, 0) is 4.79 Å². The van der Waals surface area contributed by atoms with E-state index in [0.717, 1.165) is 11.3 Å². The first-order valence-electron chi connectivity index (χ1n) is 7.09. The van der Waals surface area contributed by atoms with E-state index in [-0.39, 0.29) is 11.9 Å². The maximum Gasteiger partial charge on any atom is 0.262 e. The lowest BCUT2D eigenvalue weighted by Gasteiger charge is -2.16. The third kappa shape index (κ3) is 4.60. The Morgan fingerprint density at radius 1 is 1.18 bits per heavy atom. The third-order valence-electron chi connectivity index (χ3n) is 3.12. The van der Waals surface area contributed by atoms with Crippen LogP contribution in [-0.4, -0.2) is 18.2 Å². The lowest BCUT2D eigenvalue weighted by atomic mass is 10.2. The fourth-order valence-corrected chi connectivity index (χ4v) is 2.10. The maximum absolute atomic E-state index is 12.1. The molecule has 0 unspecified atom stereocenters. The number of nitrogens with zero attached hydrogens (tertiary/aromatic N) is 1. The fraction of sp³-hybridized carbons (Fsp3) is 0.176. The number of hydrogen-bond donors (Lipinski definition) is 2. The van der Waals surface area contributed by atoms with E-state index >= 15 is 0 Å². The second-order valence-corrected chi connectivity index (χ2v) is 5.13. The van der Waals surface area contributed by atoms with Gasteiger partial charge >= 0.3 is 0 Å². The summed E-state index contributed by atoms with van der Waals surface area (Å²) in [6.07, 6.45) is 2.19. The van der Waals surface area contributed by atoms with Gasteiger partial charge in [-0.2, -0.15) is 5.10 Å². The number of carbonyl (C=O) groups is 1. The van der Waals surface area contributed by atoms with E-state index in [4.69, 9.17) is 11.6 Å². The summed E-state index contributed by atoms with van der Waals surface area (Å²) in [6, 6.07) is 16.6. The first kappa shape index (κ1) is 16.0. The Bertz CT molecular complexity index is 643. The molecule has 5 heteroatoms. The van der Waals surface area contributed by atoms with Crippen LogP contribution in [0.3, 0.4) is 0 Å². The summed E-state index contributed by atoms with van der Waals surface area (Å²) in [5.41, 5.74) is 4.20. The summed E-state index contributed by atoms with van der Waals surface area (Å²) in [5, 5.41) is 7.73. The van der Waals surface area contributed by atoms with Crippen molar-refractivity contribution in [3.8, 4) is 0 Å². The molecule has 114 valence electrons. The summed E-state index contributed by atoms with van der Waals surface area (Å²) in [7, 11) is 0. The molecule has 2 aromatic rings. The number of benzene rings is 2. The predicted octanol–water partition coefficient (Wildman–Crippen LogP) is 3.68. The number of anilines is 1. The standard InChI is InChI=1S/C17H18ClN3O/c1-2-16(20-14-9-4-3-5-10-14)17(22)21-19-12-13-8-6-7-11-15(13)18/h3-12,16,20H,2H2,1H3,(H,21,22)/b19-12-/t16-/m0/s1. The molecule has 0 aliphatic rings. The summed E-state index contributed by atoms with van der Waals surface area (Å²) < 4.78 is 0. The molecule has 0 aromatic heterocycles. The van der Waals surface area contributed by atoms with Crippen molar-refractivity contribution >= 4 is 29.4 Å². The number of hydrazone groups is 1. The molecule has 2 aromatic carbocycles. The minimum Gasteiger partial charge on any atom is -0.374 e. The molecule has 0 radical (unpaired) electrons. The van der Waals surface area contributed by atoms with Crippen molar-refractivity contribution in [2.75, 3.05) is 5.32 Å². The van der Waals surface area contributed by atoms with E-state index in [9.17, 15) is 4.79 Å². The molecule has 0 aliphatic carbocycles. The molecule has 0 saturated carbocycles. The van der Waals surface area contributed by atoms with E-state index in [1.165, 1.54) is 6.21 Å². The van der Waals surface area contributed by atoms with Gasteiger partial charge in [0, 0.05) is 16.3 Å². The number of rotatable bonds is 6. The average molecular weight is 316 g/mol. The van der Waals surface area contributed by atoms with Gasteiger partial charge in [0.25, 0.3) is 5.91 Å². The number of halogens is 1. The van der Waals surface area contributed by atoms with Crippen LogP contribution >= 0.6 is 11.6 Å². The lowest BCUT2D eigenvalue weighted by Crippen LogP contribution is -2.36. The van der Waals surface area contributed by atoms with Gasteiger partial charge in [-0.3, -0.25) is 4.79 Å². The zero-order valence-electron chi connectivity index (χ0n) is 12.3. The number of nitrogens with one attached hydrogen (secondary N) is 2. The van der Waals surface area contributed by atoms with Crippen molar-refractivity contribution in [3.63, 3.8) is 0 Å². The van der Waals surface area contributed by atoms with Gasteiger partial charge in [-0.15, -0.1) is 0 Å². The van der Waals surface area contributed by atoms with Crippen LogP contribution in [0.15, 0.2) is 59.7 Å². The molecular formula is C17H18ClN3O. The first-order valence-corrected chi connectivity index (χ1v) is 7.47. The Hall–Kier alpha value is -2.33. The van der Waals surface area contributed by atoms with Gasteiger partial charge < -0.3 is 5.32 Å². The lowest BCUT2D eigenvalue weighted by molar-refractivity contribution is -0.121.